The Labute approximate surface area is 98.8 Å². The van der Waals surface area contributed by atoms with Gasteiger partial charge in [-0.3, -0.25) is 5.10 Å². The maximum absolute atomic E-state index is 6.06. The molecule has 0 spiro atoms. The van der Waals surface area contributed by atoms with Crippen LogP contribution >= 0.6 is 11.6 Å². The second kappa shape index (κ2) is 4.63. The first kappa shape index (κ1) is 11.1. The van der Waals surface area contributed by atoms with E-state index in [0.29, 0.717) is 17.3 Å². The van der Waals surface area contributed by atoms with Crippen LogP contribution in [-0.2, 0) is 6.42 Å². The van der Waals surface area contributed by atoms with Crippen LogP contribution in [0.4, 0.5) is 0 Å². The minimum atomic E-state index is 0.0621. The van der Waals surface area contributed by atoms with Gasteiger partial charge in [0, 0.05) is 18.0 Å². The molecule has 1 aromatic heterocycles. The van der Waals surface area contributed by atoms with Crippen molar-refractivity contribution in [2.45, 2.75) is 19.4 Å². The van der Waals surface area contributed by atoms with Crippen molar-refractivity contribution in [3.05, 3.63) is 35.1 Å². The molecule has 0 amide bonds. The lowest BCUT2D eigenvalue weighted by atomic mass is 10.2. The summed E-state index contributed by atoms with van der Waals surface area (Å²) in [5, 5.41) is 7.63. The fourth-order valence-corrected chi connectivity index (χ4v) is 1.67. The highest BCUT2D eigenvalue weighted by atomic mass is 35.5. The van der Waals surface area contributed by atoms with Gasteiger partial charge in [0.05, 0.1) is 5.02 Å². The predicted octanol–water partition coefficient (Wildman–Crippen LogP) is 2.01. The molecule has 2 rings (SSSR count). The fourth-order valence-electron chi connectivity index (χ4n) is 1.45. The van der Waals surface area contributed by atoms with Gasteiger partial charge in [-0.25, -0.2) is 4.98 Å². The van der Waals surface area contributed by atoms with Gasteiger partial charge >= 0.3 is 0 Å². The van der Waals surface area contributed by atoms with Crippen molar-refractivity contribution in [3.8, 4) is 11.4 Å². The second-order valence-corrected chi connectivity index (χ2v) is 4.17. The molecule has 0 aliphatic carbocycles. The molecule has 0 aliphatic heterocycles. The molecular formula is C11H13ClN4. The van der Waals surface area contributed by atoms with Gasteiger partial charge in [-0.05, 0) is 19.1 Å². The highest BCUT2D eigenvalue weighted by Gasteiger charge is 2.09. The zero-order valence-corrected chi connectivity index (χ0v) is 9.70. The SMILES string of the molecule is CC(N)Cc1nc(-c2ccccc2Cl)n[nH]1. The van der Waals surface area contributed by atoms with E-state index in [0.717, 1.165) is 11.4 Å². The van der Waals surface area contributed by atoms with Gasteiger partial charge < -0.3 is 5.73 Å². The molecule has 1 heterocycles. The topological polar surface area (TPSA) is 67.6 Å². The van der Waals surface area contributed by atoms with Crippen molar-refractivity contribution in [1.29, 1.82) is 0 Å². The van der Waals surface area contributed by atoms with Crippen LogP contribution in [0, 0.1) is 0 Å². The van der Waals surface area contributed by atoms with Crippen molar-refractivity contribution >= 4 is 11.6 Å². The minimum absolute atomic E-state index is 0.0621. The van der Waals surface area contributed by atoms with Gasteiger partial charge in [0.1, 0.15) is 5.82 Å². The standard InChI is InChI=1S/C11H13ClN4/c1-7(13)6-10-14-11(16-15-10)8-4-2-3-5-9(8)12/h2-5,7H,6,13H2,1H3,(H,14,15,16). The van der Waals surface area contributed by atoms with E-state index >= 15 is 0 Å². The molecule has 0 fully saturated rings. The van der Waals surface area contributed by atoms with E-state index in [2.05, 4.69) is 15.2 Å². The number of nitrogens with one attached hydrogen (secondary N) is 1. The van der Waals surface area contributed by atoms with E-state index in [1.165, 1.54) is 0 Å². The Kier molecular flexibility index (Phi) is 3.22. The molecular weight excluding hydrogens is 224 g/mol. The van der Waals surface area contributed by atoms with Crippen LogP contribution in [-0.4, -0.2) is 21.2 Å². The molecule has 0 saturated heterocycles. The Morgan fingerprint density at radius 1 is 1.44 bits per heavy atom. The van der Waals surface area contributed by atoms with Crippen LogP contribution in [0.5, 0.6) is 0 Å². The average Bonchev–Trinajstić information content (AvgIpc) is 2.66. The molecule has 0 radical (unpaired) electrons. The molecule has 84 valence electrons. The van der Waals surface area contributed by atoms with E-state index in [1.54, 1.807) is 0 Å². The molecule has 1 aromatic carbocycles. The third-order valence-electron chi connectivity index (χ3n) is 2.16. The maximum atomic E-state index is 6.06. The van der Waals surface area contributed by atoms with Crippen molar-refractivity contribution in [2.24, 2.45) is 5.73 Å². The summed E-state index contributed by atoms with van der Waals surface area (Å²) in [5.41, 5.74) is 6.52. The number of hydrogen-bond donors (Lipinski definition) is 2. The van der Waals surface area contributed by atoms with Gasteiger partial charge in [0.25, 0.3) is 0 Å². The van der Waals surface area contributed by atoms with Gasteiger partial charge in [-0.2, -0.15) is 5.10 Å². The van der Waals surface area contributed by atoms with E-state index in [4.69, 9.17) is 17.3 Å². The van der Waals surface area contributed by atoms with Gasteiger partial charge in [-0.15, -0.1) is 0 Å². The monoisotopic (exact) mass is 236 g/mol. The summed E-state index contributed by atoms with van der Waals surface area (Å²) in [5.74, 6) is 1.39. The zero-order chi connectivity index (χ0) is 11.5. The molecule has 16 heavy (non-hydrogen) atoms. The number of hydrogen-bond acceptors (Lipinski definition) is 3. The number of H-pyrrole nitrogens is 1. The molecule has 0 bridgehead atoms. The molecule has 0 saturated carbocycles. The van der Waals surface area contributed by atoms with Gasteiger partial charge in [0.15, 0.2) is 5.82 Å². The van der Waals surface area contributed by atoms with Crippen LogP contribution in [0.2, 0.25) is 5.02 Å². The Morgan fingerprint density at radius 3 is 2.88 bits per heavy atom. The van der Waals surface area contributed by atoms with Crippen molar-refractivity contribution < 1.29 is 0 Å². The lowest BCUT2D eigenvalue weighted by Crippen LogP contribution is -2.18. The molecule has 2 aromatic rings. The number of aromatic nitrogens is 3. The molecule has 1 atom stereocenters. The normalized spacial score (nSPS) is 12.7. The van der Waals surface area contributed by atoms with Crippen LogP contribution in [0.1, 0.15) is 12.7 Å². The predicted molar refractivity (Wildman–Crippen MR) is 64.2 cm³/mol. The number of aromatic amines is 1. The first-order valence-electron chi connectivity index (χ1n) is 5.08. The summed E-state index contributed by atoms with van der Waals surface area (Å²) in [4.78, 5) is 4.35. The lowest BCUT2D eigenvalue weighted by molar-refractivity contribution is 0.705. The van der Waals surface area contributed by atoms with Gasteiger partial charge in [0.2, 0.25) is 0 Å². The molecule has 0 aliphatic rings. The molecule has 1 unspecified atom stereocenters. The molecule has 3 N–H and O–H groups in total. The smallest absolute Gasteiger partial charge is 0.182 e. The minimum Gasteiger partial charge on any atom is -0.328 e. The fraction of sp³-hybridized carbons (Fsp3) is 0.273. The summed E-state index contributed by atoms with van der Waals surface area (Å²) in [6.07, 6.45) is 0.678. The lowest BCUT2D eigenvalue weighted by Gasteiger charge is -1.99. The number of nitrogens with zero attached hydrogens (tertiary/aromatic N) is 2. The van der Waals surface area contributed by atoms with Gasteiger partial charge in [-0.1, -0.05) is 23.7 Å². The van der Waals surface area contributed by atoms with Crippen molar-refractivity contribution in [3.63, 3.8) is 0 Å². The number of rotatable bonds is 3. The summed E-state index contributed by atoms with van der Waals surface area (Å²) >= 11 is 6.06. The zero-order valence-electron chi connectivity index (χ0n) is 8.94. The summed E-state index contributed by atoms with van der Waals surface area (Å²) in [6.45, 7) is 1.93. The van der Waals surface area contributed by atoms with Crippen LogP contribution in [0.25, 0.3) is 11.4 Å². The van der Waals surface area contributed by atoms with Crippen LogP contribution in [0.3, 0.4) is 0 Å². The second-order valence-electron chi connectivity index (χ2n) is 3.77. The highest BCUT2D eigenvalue weighted by Crippen LogP contribution is 2.24. The van der Waals surface area contributed by atoms with E-state index in [1.807, 2.05) is 31.2 Å². The maximum Gasteiger partial charge on any atom is 0.182 e. The average molecular weight is 237 g/mol. The summed E-state index contributed by atoms with van der Waals surface area (Å²) in [7, 11) is 0. The van der Waals surface area contributed by atoms with E-state index < -0.39 is 0 Å². The quantitative estimate of drug-likeness (QED) is 0.857. The Bertz CT molecular complexity index is 478. The molecule has 4 nitrogen and oxygen atoms in total. The third kappa shape index (κ3) is 2.40. The number of nitrogens with two attached hydrogens (primary N) is 1. The number of benzene rings is 1. The summed E-state index contributed by atoms with van der Waals surface area (Å²) < 4.78 is 0. The Hall–Kier alpha value is -1.39. The number of halogens is 1. The van der Waals surface area contributed by atoms with Crippen LogP contribution < -0.4 is 5.73 Å². The third-order valence-corrected chi connectivity index (χ3v) is 2.49. The molecule has 5 heteroatoms. The Morgan fingerprint density at radius 2 is 2.19 bits per heavy atom. The van der Waals surface area contributed by atoms with E-state index in [9.17, 15) is 0 Å². The Balaban J connectivity index is 2.28. The largest absolute Gasteiger partial charge is 0.328 e. The highest BCUT2D eigenvalue weighted by molar-refractivity contribution is 6.33. The van der Waals surface area contributed by atoms with Crippen molar-refractivity contribution in [1.82, 2.24) is 15.2 Å². The van der Waals surface area contributed by atoms with Crippen molar-refractivity contribution in [2.75, 3.05) is 0 Å². The van der Waals surface area contributed by atoms with E-state index in [-0.39, 0.29) is 6.04 Å². The first-order valence-corrected chi connectivity index (χ1v) is 5.46. The summed E-state index contributed by atoms with van der Waals surface area (Å²) in [6, 6.07) is 7.55. The van der Waals surface area contributed by atoms with Crippen LogP contribution in [0.15, 0.2) is 24.3 Å². The first-order chi connectivity index (χ1) is 7.66.